The molecule has 0 aromatic heterocycles. The molecule has 1 aliphatic heterocycles. The molecule has 0 spiro atoms. The van der Waals surface area contributed by atoms with Crippen molar-refractivity contribution >= 4 is 11.8 Å². The Hall–Kier alpha value is 0.190. The molecule has 1 rings (SSSR count). The Kier molecular flexibility index (Phi) is 3.15. The molecule has 0 radical (unpaired) electrons. The highest BCUT2D eigenvalue weighted by Gasteiger charge is 2.36. The molecular formula is C6H12O4S. The maximum absolute atomic E-state index is 9.25. The van der Waals surface area contributed by atoms with Crippen molar-refractivity contribution in [2.75, 3.05) is 12.9 Å². The monoisotopic (exact) mass is 180 g/mol. The topological polar surface area (TPSA) is 69.9 Å². The molecule has 3 N–H and O–H groups in total. The maximum Gasteiger partial charge on any atom is 0.131 e. The van der Waals surface area contributed by atoms with E-state index in [0.29, 0.717) is 0 Å². The van der Waals surface area contributed by atoms with Crippen LogP contribution < -0.4 is 0 Å². The van der Waals surface area contributed by atoms with Crippen LogP contribution in [-0.2, 0) is 4.74 Å². The van der Waals surface area contributed by atoms with Gasteiger partial charge in [0.2, 0.25) is 0 Å². The van der Waals surface area contributed by atoms with Crippen LogP contribution >= 0.6 is 11.8 Å². The van der Waals surface area contributed by atoms with E-state index in [1.165, 1.54) is 11.8 Å². The third kappa shape index (κ3) is 1.86. The second kappa shape index (κ2) is 3.73. The van der Waals surface area contributed by atoms with E-state index in [1.54, 1.807) is 6.26 Å². The SMILES string of the molecule is CS[C@H]1OC[C@H](O)[C@@H](O)[C@@H]1O. The molecule has 4 atom stereocenters. The Morgan fingerprint density at radius 2 is 1.91 bits per heavy atom. The number of hydrogen-bond donors (Lipinski definition) is 3. The van der Waals surface area contributed by atoms with Gasteiger partial charge in [-0.3, -0.25) is 0 Å². The molecule has 11 heavy (non-hydrogen) atoms. The van der Waals surface area contributed by atoms with Gasteiger partial charge in [0.25, 0.3) is 0 Å². The van der Waals surface area contributed by atoms with Crippen LogP contribution in [0.2, 0.25) is 0 Å². The lowest BCUT2D eigenvalue weighted by atomic mass is 10.1. The summed E-state index contributed by atoms with van der Waals surface area (Å²) in [4.78, 5) is 0. The van der Waals surface area contributed by atoms with E-state index in [9.17, 15) is 5.11 Å². The molecule has 1 aliphatic rings. The summed E-state index contributed by atoms with van der Waals surface area (Å²) in [5, 5.41) is 27.4. The third-order valence-corrected chi connectivity index (χ3v) is 2.57. The Morgan fingerprint density at radius 3 is 2.45 bits per heavy atom. The summed E-state index contributed by atoms with van der Waals surface area (Å²) < 4.78 is 5.03. The van der Waals surface area contributed by atoms with Gasteiger partial charge in [-0.2, -0.15) is 0 Å². The van der Waals surface area contributed by atoms with Crippen molar-refractivity contribution in [1.82, 2.24) is 0 Å². The summed E-state index contributed by atoms with van der Waals surface area (Å²) in [5.74, 6) is 0. The van der Waals surface area contributed by atoms with Gasteiger partial charge >= 0.3 is 0 Å². The summed E-state index contributed by atoms with van der Waals surface area (Å²) in [6.07, 6.45) is -1.26. The zero-order chi connectivity index (χ0) is 8.43. The molecule has 0 aromatic carbocycles. The number of ether oxygens (including phenoxy) is 1. The van der Waals surface area contributed by atoms with Crippen molar-refractivity contribution in [3.05, 3.63) is 0 Å². The highest BCUT2D eigenvalue weighted by Crippen LogP contribution is 2.22. The highest BCUT2D eigenvalue weighted by atomic mass is 32.2. The standard InChI is InChI=1S/C6H12O4S/c1-11-6-5(9)4(8)3(7)2-10-6/h3-9H,2H2,1H3/t3-,4+,5-,6+/m0/s1. The van der Waals surface area contributed by atoms with Crippen LogP contribution in [0.4, 0.5) is 0 Å². The molecule has 5 heteroatoms. The minimum Gasteiger partial charge on any atom is -0.388 e. The van der Waals surface area contributed by atoms with Gasteiger partial charge in [0.1, 0.15) is 23.7 Å². The number of rotatable bonds is 1. The van der Waals surface area contributed by atoms with Crippen LogP contribution in [-0.4, -0.2) is 51.9 Å². The Morgan fingerprint density at radius 1 is 1.27 bits per heavy atom. The molecule has 4 nitrogen and oxygen atoms in total. The van der Waals surface area contributed by atoms with Gasteiger partial charge in [0, 0.05) is 0 Å². The molecule has 1 saturated heterocycles. The van der Waals surface area contributed by atoms with E-state index in [2.05, 4.69) is 0 Å². The summed E-state index contributed by atoms with van der Waals surface area (Å²) in [6, 6.07) is 0. The molecule has 0 amide bonds. The largest absolute Gasteiger partial charge is 0.388 e. The van der Waals surface area contributed by atoms with Crippen LogP contribution in [0.15, 0.2) is 0 Å². The van der Waals surface area contributed by atoms with Crippen LogP contribution in [0.25, 0.3) is 0 Å². The Bertz CT molecular complexity index is 130. The Balaban J connectivity index is 2.52. The molecule has 1 fully saturated rings. The lowest BCUT2D eigenvalue weighted by Gasteiger charge is -2.34. The zero-order valence-corrected chi connectivity index (χ0v) is 6.99. The van der Waals surface area contributed by atoms with Gasteiger partial charge in [0.15, 0.2) is 0 Å². The summed E-state index contributed by atoms with van der Waals surface area (Å²) >= 11 is 1.32. The first-order valence-electron chi connectivity index (χ1n) is 3.35. The van der Waals surface area contributed by atoms with E-state index in [4.69, 9.17) is 14.9 Å². The quantitative estimate of drug-likeness (QED) is 0.472. The maximum atomic E-state index is 9.25. The van der Waals surface area contributed by atoms with E-state index in [1.807, 2.05) is 0 Å². The van der Waals surface area contributed by atoms with Gasteiger partial charge in [0.05, 0.1) is 6.61 Å². The van der Waals surface area contributed by atoms with Crippen molar-refractivity contribution < 1.29 is 20.1 Å². The minimum absolute atomic E-state index is 0.0870. The van der Waals surface area contributed by atoms with Gasteiger partial charge in [-0.25, -0.2) is 0 Å². The van der Waals surface area contributed by atoms with Crippen molar-refractivity contribution in [3.63, 3.8) is 0 Å². The van der Waals surface area contributed by atoms with E-state index >= 15 is 0 Å². The molecule has 0 aliphatic carbocycles. The van der Waals surface area contributed by atoms with Crippen molar-refractivity contribution in [2.24, 2.45) is 0 Å². The van der Waals surface area contributed by atoms with Crippen molar-refractivity contribution in [2.45, 2.75) is 23.7 Å². The first-order chi connectivity index (χ1) is 5.16. The number of hydrogen-bond acceptors (Lipinski definition) is 5. The highest BCUT2D eigenvalue weighted by molar-refractivity contribution is 7.99. The summed E-state index contributed by atoms with van der Waals surface area (Å²) in [5.41, 5.74) is -0.423. The van der Waals surface area contributed by atoms with Crippen LogP contribution in [0.3, 0.4) is 0 Å². The fourth-order valence-electron chi connectivity index (χ4n) is 0.987. The molecule has 1 heterocycles. The van der Waals surface area contributed by atoms with Crippen molar-refractivity contribution in [3.8, 4) is 0 Å². The lowest BCUT2D eigenvalue weighted by molar-refractivity contribution is -0.161. The summed E-state index contributed by atoms with van der Waals surface area (Å²) in [6.45, 7) is 0.0870. The second-order valence-electron chi connectivity index (χ2n) is 2.49. The normalized spacial score (nSPS) is 45.8. The fraction of sp³-hybridized carbons (Fsp3) is 1.00. The molecule has 66 valence electrons. The lowest BCUT2D eigenvalue weighted by Crippen LogP contribution is -2.51. The average molecular weight is 180 g/mol. The first kappa shape index (κ1) is 9.28. The van der Waals surface area contributed by atoms with Crippen LogP contribution in [0.5, 0.6) is 0 Å². The first-order valence-corrected chi connectivity index (χ1v) is 4.64. The second-order valence-corrected chi connectivity index (χ2v) is 3.42. The molecule has 0 aromatic rings. The number of aliphatic hydroxyl groups is 3. The number of aliphatic hydroxyl groups excluding tert-OH is 3. The molecule has 0 unspecified atom stereocenters. The Labute approximate surface area is 69.2 Å². The smallest absolute Gasteiger partial charge is 0.131 e. The van der Waals surface area contributed by atoms with Crippen LogP contribution in [0, 0.1) is 0 Å². The van der Waals surface area contributed by atoms with Crippen LogP contribution in [0.1, 0.15) is 0 Å². The van der Waals surface area contributed by atoms with E-state index < -0.39 is 23.7 Å². The molecule has 0 saturated carbocycles. The zero-order valence-electron chi connectivity index (χ0n) is 6.17. The van der Waals surface area contributed by atoms with Gasteiger partial charge < -0.3 is 20.1 Å². The third-order valence-electron chi connectivity index (χ3n) is 1.69. The predicted molar refractivity (Wildman–Crippen MR) is 41.3 cm³/mol. The van der Waals surface area contributed by atoms with Crippen molar-refractivity contribution in [1.29, 1.82) is 0 Å². The number of thioether (sulfide) groups is 1. The average Bonchev–Trinajstić information content (AvgIpc) is 2.01. The van der Waals surface area contributed by atoms with E-state index in [-0.39, 0.29) is 6.61 Å². The van der Waals surface area contributed by atoms with Gasteiger partial charge in [-0.1, -0.05) is 0 Å². The molecule has 0 bridgehead atoms. The predicted octanol–water partition coefficient (Wildman–Crippen LogP) is -1.21. The fourth-order valence-corrected chi connectivity index (χ4v) is 1.64. The summed E-state index contributed by atoms with van der Waals surface area (Å²) in [7, 11) is 0. The van der Waals surface area contributed by atoms with Gasteiger partial charge in [-0.05, 0) is 6.26 Å². The molecular weight excluding hydrogens is 168 g/mol. The van der Waals surface area contributed by atoms with Gasteiger partial charge in [-0.15, -0.1) is 11.8 Å². The van der Waals surface area contributed by atoms with E-state index in [0.717, 1.165) is 0 Å². The minimum atomic E-state index is -1.08.